The average Bonchev–Trinajstić information content (AvgIpc) is 2.65. The maximum Gasteiger partial charge on any atom is 0.332 e. The lowest BCUT2D eigenvalue weighted by atomic mass is 9.50. The van der Waals surface area contributed by atoms with Crippen LogP contribution in [-0.4, -0.2) is 35.7 Å². The van der Waals surface area contributed by atoms with E-state index in [0.29, 0.717) is 17.4 Å². The Morgan fingerprint density at radius 1 is 0.966 bits per heavy atom. The molecular formula is C23H34O6. The van der Waals surface area contributed by atoms with E-state index in [1.165, 1.54) is 52.2 Å². The van der Waals surface area contributed by atoms with Crippen LogP contribution in [0.2, 0.25) is 0 Å². The predicted molar refractivity (Wildman–Crippen MR) is 111 cm³/mol. The molecule has 0 amide bonds. The van der Waals surface area contributed by atoms with E-state index in [4.69, 9.17) is 9.84 Å². The van der Waals surface area contributed by atoms with Gasteiger partial charge < -0.3 is 14.6 Å². The Kier molecular flexibility index (Phi) is 8.86. The first-order valence-corrected chi connectivity index (χ1v) is 9.92. The van der Waals surface area contributed by atoms with Crippen molar-refractivity contribution in [3.8, 4) is 0 Å². The molecule has 6 heteroatoms. The van der Waals surface area contributed by atoms with E-state index in [-0.39, 0.29) is 23.1 Å². The third kappa shape index (κ3) is 6.58. The number of carboxylic acid groups (broad SMARTS) is 1. The van der Waals surface area contributed by atoms with Crippen LogP contribution in [0.15, 0.2) is 37.0 Å². The molecule has 0 radical (unpaired) electrons. The standard InChI is InChI=1S/C14H20O2.C5H8O2.C4H6O2/c1-3-13(15)16-14(2)11-5-9-4-10(7-11)8-12(14)6-9;1-4(2)5(6)7-3;1-3(2)4(5)6/h3,9-12H,1,4-8H2,2H3;1H2,2-3H3;1H2,2H3,(H,5,6). The summed E-state index contributed by atoms with van der Waals surface area (Å²) in [4.78, 5) is 31.3. The molecule has 4 aliphatic rings. The van der Waals surface area contributed by atoms with Gasteiger partial charge in [-0.1, -0.05) is 19.7 Å². The van der Waals surface area contributed by atoms with Gasteiger partial charge >= 0.3 is 17.9 Å². The number of carbonyl (C=O) groups excluding carboxylic acids is 2. The fraction of sp³-hybridized carbons (Fsp3) is 0.609. The molecule has 0 aliphatic heterocycles. The summed E-state index contributed by atoms with van der Waals surface area (Å²) in [6.07, 6.45) is 7.82. The molecule has 0 unspecified atom stereocenters. The summed E-state index contributed by atoms with van der Waals surface area (Å²) in [6.45, 7) is 15.2. The number of ether oxygens (including phenoxy) is 2. The number of esters is 2. The van der Waals surface area contributed by atoms with Crippen LogP contribution < -0.4 is 0 Å². The van der Waals surface area contributed by atoms with Crippen molar-refractivity contribution in [2.24, 2.45) is 23.7 Å². The Bertz CT molecular complexity index is 635. The molecule has 0 saturated heterocycles. The van der Waals surface area contributed by atoms with Crippen LogP contribution >= 0.6 is 0 Å². The second-order valence-corrected chi connectivity index (χ2v) is 8.47. The molecule has 0 spiro atoms. The first kappa shape index (κ1) is 24.7. The SMILES string of the molecule is C=C(C)C(=O)O.C=C(C)C(=O)OC.C=CC(=O)OC1(C)C2CC3CC(C2)CC1C3. The Morgan fingerprint density at radius 3 is 1.62 bits per heavy atom. The van der Waals surface area contributed by atoms with E-state index in [0.717, 1.165) is 11.8 Å². The van der Waals surface area contributed by atoms with Gasteiger partial charge in [-0.15, -0.1) is 0 Å². The van der Waals surface area contributed by atoms with Crippen LogP contribution in [0.5, 0.6) is 0 Å². The quantitative estimate of drug-likeness (QED) is 0.553. The maximum atomic E-state index is 11.5. The van der Waals surface area contributed by atoms with Crippen LogP contribution in [0.1, 0.15) is 52.9 Å². The van der Waals surface area contributed by atoms with Crippen LogP contribution in [-0.2, 0) is 23.9 Å². The van der Waals surface area contributed by atoms with Gasteiger partial charge in [0.25, 0.3) is 0 Å². The normalized spacial score (nSPS) is 30.5. The molecule has 4 rings (SSSR count). The van der Waals surface area contributed by atoms with Gasteiger partial charge in [0.15, 0.2) is 0 Å². The van der Waals surface area contributed by atoms with E-state index in [2.05, 4.69) is 31.4 Å². The third-order valence-corrected chi connectivity index (χ3v) is 6.15. The molecule has 6 nitrogen and oxygen atoms in total. The number of methoxy groups -OCH3 is 1. The summed E-state index contributed by atoms with van der Waals surface area (Å²) in [7, 11) is 1.33. The molecule has 1 N–H and O–H groups in total. The zero-order valence-corrected chi connectivity index (χ0v) is 18.0. The maximum absolute atomic E-state index is 11.5. The monoisotopic (exact) mass is 406 g/mol. The van der Waals surface area contributed by atoms with Crippen molar-refractivity contribution in [1.29, 1.82) is 0 Å². The summed E-state index contributed by atoms with van der Waals surface area (Å²) in [5.41, 5.74) is 0.413. The van der Waals surface area contributed by atoms with Crippen molar-refractivity contribution in [2.75, 3.05) is 7.11 Å². The second kappa shape index (κ2) is 10.4. The van der Waals surface area contributed by atoms with Crippen LogP contribution in [0.25, 0.3) is 0 Å². The summed E-state index contributed by atoms with van der Waals surface area (Å²) in [5.74, 6) is 1.52. The summed E-state index contributed by atoms with van der Waals surface area (Å²) in [5, 5.41) is 7.89. The van der Waals surface area contributed by atoms with Gasteiger partial charge in [0.2, 0.25) is 0 Å². The molecule has 4 fully saturated rings. The predicted octanol–water partition coefficient (Wildman–Crippen LogP) is 4.31. The largest absolute Gasteiger partial charge is 0.478 e. The van der Waals surface area contributed by atoms with Gasteiger partial charge in [0, 0.05) is 17.2 Å². The molecule has 4 aliphatic carbocycles. The summed E-state index contributed by atoms with van der Waals surface area (Å²) < 4.78 is 9.98. The number of aliphatic carboxylic acids is 1. The van der Waals surface area contributed by atoms with Crippen LogP contribution in [0.4, 0.5) is 0 Å². The van der Waals surface area contributed by atoms with Gasteiger partial charge in [-0.25, -0.2) is 14.4 Å². The van der Waals surface area contributed by atoms with Crippen LogP contribution in [0.3, 0.4) is 0 Å². The van der Waals surface area contributed by atoms with Crippen molar-refractivity contribution in [3.63, 3.8) is 0 Å². The van der Waals surface area contributed by atoms with E-state index in [1.807, 2.05) is 0 Å². The Labute approximate surface area is 173 Å². The third-order valence-electron chi connectivity index (χ3n) is 6.15. The van der Waals surface area contributed by atoms with Crippen LogP contribution in [0, 0.1) is 23.7 Å². The number of rotatable bonds is 4. The highest BCUT2D eigenvalue weighted by atomic mass is 16.6. The molecule has 4 bridgehead atoms. The Balaban J connectivity index is 0.000000272. The number of hydrogen-bond donors (Lipinski definition) is 1. The van der Waals surface area contributed by atoms with Crippen molar-refractivity contribution >= 4 is 17.9 Å². The lowest BCUT2D eigenvalue weighted by Crippen LogP contribution is -2.57. The van der Waals surface area contributed by atoms with Crippen molar-refractivity contribution < 1.29 is 29.0 Å². The minimum atomic E-state index is -0.935. The first-order valence-electron chi connectivity index (χ1n) is 9.92. The van der Waals surface area contributed by atoms with Gasteiger partial charge in [-0.2, -0.15) is 0 Å². The highest BCUT2D eigenvalue weighted by Crippen LogP contribution is 2.59. The highest BCUT2D eigenvalue weighted by Gasteiger charge is 2.56. The van der Waals surface area contributed by atoms with Gasteiger partial charge in [-0.3, -0.25) is 0 Å². The minimum Gasteiger partial charge on any atom is -0.478 e. The lowest BCUT2D eigenvalue weighted by Gasteiger charge is -2.58. The van der Waals surface area contributed by atoms with Gasteiger partial charge in [0.1, 0.15) is 5.60 Å². The number of carbonyl (C=O) groups is 3. The molecule has 0 aromatic carbocycles. The van der Waals surface area contributed by atoms with E-state index >= 15 is 0 Å². The van der Waals surface area contributed by atoms with E-state index in [9.17, 15) is 14.4 Å². The molecule has 4 saturated carbocycles. The number of hydrogen-bond acceptors (Lipinski definition) is 5. The summed E-state index contributed by atoms with van der Waals surface area (Å²) in [6, 6.07) is 0. The first-order chi connectivity index (χ1) is 13.4. The smallest absolute Gasteiger partial charge is 0.332 e. The molecule has 0 heterocycles. The zero-order valence-electron chi connectivity index (χ0n) is 18.0. The van der Waals surface area contributed by atoms with Crippen molar-refractivity contribution in [1.82, 2.24) is 0 Å². The second-order valence-electron chi connectivity index (χ2n) is 8.47. The molecule has 0 atom stereocenters. The zero-order chi connectivity index (χ0) is 22.4. The molecule has 162 valence electrons. The lowest BCUT2D eigenvalue weighted by molar-refractivity contribution is -0.198. The molecule has 0 aromatic heterocycles. The fourth-order valence-corrected chi connectivity index (χ4v) is 4.72. The molecule has 29 heavy (non-hydrogen) atoms. The highest BCUT2D eigenvalue weighted by molar-refractivity contribution is 5.86. The van der Waals surface area contributed by atoms with Gasteiger partial charge in [0.05, 0.1) is 7.11 Å². The summed E-state index contributed by atoms with van der Waals surface area (Å²) >= 11 is 0. The van der Waals surface area contributed by atoms with Crippen molar-refractivity contribution in [3.05, 3.63) is 37.0 Å². The molecule has 0 aromatic rings. The topological polar surface area (TPSA) is 89.9 Å². The van der Waals surface area contributed by atoms with Crippen molar-refractivity contribution in [2.45, 2.75) is 58.5 Å². The average molecular weight is 407 g/mol. The van der Waals surface area contributed by atoms with E-state index in [1.54, 1.807) is 6.92 Å². The minimum absolute atomic E-state index is 0.176. The fourth-order valence-electron chi connectivity index (χ4n) is 4.72. The van der Waals surface area contributed by atoms with E-state index < -0.39 is 5.97 Å². The Hall–Kier alpha value is -2.37. The van der Waals surface area contributed by atoms with Gasteiger partial charge in [-0.05, 0) is 76.5 Å². The number of carboxylic acids is 1. The molecular weight excluding hydrogens is 372 g/mol. The Morgan fingerprint density at radius 2 is 1.38 bits per heavy atom.